The van der Waals surface area contributed by atoms with E-state index in [1.54, 1.807) is 24.4 Å². The molecule has 0 spiro atoms. The van der Waals surface area contributed by atoms with E-state index < -0.39 is 5.82 Å². The molecule has 96 valence electrons. The summed E-state index contributed by atoms with van der Waals surface area (Å²) < 4.78 is 14.7. The molecule has 5 nitrogen and oxygen atoms in total. The molecule has 0 radical (unpaired) electrons. The monoisotopic (exact) mass is 265 g/mol. The zero-order valence-corrected chi connectivity index (χ0v) is 10.2. The molecular weight excluding hydrogens is 257 g/mol. The number of hydrogen-bond acceptors (Lipinski definition) is 4. The Morgan fingerprint density at radius 3 is 2.90 bits per heavy atom. The third kappa shape index (κ3) is 2.24. The third-order valence-corrected chi connectivity index (χ3v) is 2.73. The topological polar surface area (TPSA) is 67.4 Å². The summed E-state index contributed by atoms with van der Waals surface area (Å²) in [5, 5.41) is 16.8. The summed E-state index contributed by atoms with van der Waals surface area (Å²) >= 11 is 0. The number of hydrogen-bond donors (Lipinski definition) is 0. The maximum absolute atomic E-state index is 13.1. The highest BCUT2D eigenvalue weighted by Gasteiger charge is 2.07. The highest BCUT2D eigenvalue weighted by atomic mass is 19.1. The predicted octanol–water partition coefficient (Wildman–Crippen LogP) is 2.34. The van der Waals surface area contributed by atoms with E-state index in [1.165, 1.54) is 16.9 Å². The summed E-state index contributed by atoms with van der Waals surface area (Å²) in [5.41, 5.74) is 2.31. The van der Waals surface area contributed by atoms with E-state index in [4.69, 9.17) is 5.26 Å². The number of rotatable bonds is 2. The third-order valence-electron chi connectivity index (χ3n) is 2.73. The first-order valence-corrected chi connectivity index (χ1v) is 5.80. The van der Waals surface area contributed by atoms with Crippen molar-refractivity contribution < 1.29 is 4.39 Å². The Balaban J connectivity index is 2.00. The van der Waals surface area contributed by atoms with E-state index in [1.807, 2.05) is 6.07 Å². The standard InChI is InChI=1S/C14H8FN5/c15-12-5-11(7-17-8-12)14-9-20(19-18-14)13-3-1-2-10(4-13)6-16/h1-5,7-9H. The highest BCUT2D eigenvalue weighted by molar-refractivity contribution is 5.57. The van der Waals surface area contributed by atoms with Gasteiger partial charge in [0, 0.05) is 11.8 Å². The van der Waals surface area contributed by atoms with Gasteiger partial charge in [0.1, 0.15) is 11.5 Å². The van der Waals surface area contributed by atoms with E-state index in [-0.39, 0.29) is 0 Å². The number of nitrogens with zero attached hydrogens (tertiary/aromatic N) is 5. The van der Waals surface area contributed by atoms with Gasteiger partial charge in [0.25, 0.3) is 0 Å². The van der Waals surface area contributed by atoms with Gasteiger partial charge in [-0.3, -0.25) is 4.98 Å². The van der Waals surface area contributed by atoms with Crippen LogP contribution in [-0.2, 0) is 0 Å². The fourth-order valence-electron chi connectivity index (χ4n) is 1.79. The van der Waals surface area contributed by atoms with Gasteiger partial charge < -0.3 is 0 Å². The Morgan fingerprint density at radius 1 is 1.20 bits per heavy atom. The summed E-state index contributed by atoms with van der Waals surface area (Å²) in [5.74, 6) is -0.427. The molecule has 0 aliphatic carbocycles. The van der Waals surface area contributed by atoms with Gasteiger partial charge in [0.05, 0.1) is 29.7 Å². The smallest absolute Gasteiger partial charge is 0.142 e. The first kappa shape index (κ1) is 12.0. The van der Waals surface area contributed by atoms with E-state index in [2.05, 4.69) is 21.4 Å². The summed E-state index contributed by atoms with van der Waals surface area (Å²) in [6, 6.07) is 10.4. The molecule has 6 heteroatoms. The Kier molecular flexibility index (Phi) is 2.94. The van der Waals surface area contributed by atoms with Crippen molar-refractivity contribution in [1.82, 2.24) is 20.0 Å². The summed E-state index contributed by atoms with van der Waals surface area (Å²) in [6.45, 7) is 0. The molecule has 0 aliphatic heterocycles. The molecule has 3 rings (SSSR count). The van der Waals surface area contributed by atoms with Crippen LogP contribution < -0.4 is 0 Å². The quantitative estimate of drug-likeness (QED) is 0.713. The number of aromatic nitrogens is 4. The zero-order valence-electron chi connectivity index (χ0n) is 10.2. The van der Waals surface area contributed by atoms with Crippen LogP contribution in [0.5, 0.6) is 0 Å². The minimum atomic E-state index is -0.427. The summed E-state index contributed by atoms with van der Waals surface area (Å²) in [4.78, 5) is 3.77. The summed E-state index contributed by atoms with van der Waals surface area (Å²) in [6.07, 6.45) is 4.31. The molecule has 1 aromatic carbocycles. The minimum absolute atomic E-state index is 0.427. The van der Waals surface area contributed by atoms with Gasteiger partial charge in [-0.25, -0.2) is 9.07 Å². The number of pyridine rings is 1. The van der Waals surface area contributed by atoms with Gasteiger partial charge in [0.2, 0.25) is 0 Å². The van der Waals surface area contributed by atoms with Crippen molar-refractivity contribution >= 4 is 0 Å². The molecule has 2 heterocycles. The first-order chi connectivity index (χ1) is 9.76. The van der Waals surface area contributed by atoms with Crippen molar-refractivity contribution in [2.24, 2.45) is 0 Å². The second-order valence-electron chi connectivity index (χ2n) is 4.10. The Bertz CT molecular complexity index is 803. The van der Waals surface area contributed by atoms with Crippen LogP contribution >= 0.6 is 0 Å². The lowest BCUT2D eigenvalue weighted by atomic mass is 10.2. The van der Waals surface area contributed by atoms with Gasteiger partial charge in [-0.05, 0) is 24.3 Å². The molecule has 0 amide bonds. The van der Waals surface area contributed by atoms with Gasteiger partial charge >= 0.3 is 0 Å². The van der Waals surface area contributed by atoms with E-state index in [0.29, 0.717) is 22.5 Å². The van der Waals surface area contributed by atoms with Crippen molar-refractivity contribution in [3.8, 4) is 23.0 Å². The molecule has 0 bridgehead atoms. The maximum Gasteiger partial charge on any atom is 0.142 e. The van der Waals surface area contributed by atoms with Crippen LogP contribution in [0.15, 0.2) is 48.9 Å². The number of halogens is 1. The van der Waals surface area contributed by atoms with Gasteiger partial charge in [-0.2, -0.15) is 5.26 Å². The van der Waals surface area contributed by atoms with Crippen molar-refractivity contribution in [3.63, 3.8) is 0 Å². The fourth-order valence-corrected chi connectivity index (χ4v) is 1.79. The minimum Gasteiger partial charge on any atom is -0.261 e. The van der Waals surface area contributed by atoms with Crippen LogP contribution in [0, 0.1) is 17.1 Å². The van der Waals surface area contributed by atoms with Crippen LogP contribution in [-0.4, -0.2) is 20.0 Å². The van der Waals surface area contributed by atoms with Gasteiger partial charge in [-0.15, -0.1) is 5.10 Å². The van der Waals surface area contributed by atoms with Crippen molar-refractivity contribution in [3.05, 3.63) is 60.3 Å². The normalized spacial score (nSPS) is 10.2. The Morgan fingerprint density at radius 2 is 2.10 bits per heavy atom. The van der Waals surface area contributed by atoms with Gasteiger partial charge in [-0.1, -0.05) is 11.3 Å². The molecule has 3 aromatic rings. The fraction of sp³-hybridized carbons (Fsp3) is 0. The summed E-state index contributed by atoms with van der Waals surface area (Å²) in [7, 11) is 0. The molecule has 0 fully saturated rings. The molecule has 0 N–H and O–H groups in total. The Hall–Kier alpha value is -3.07. The maximum atomic E-state index is 13.1. The molecule has 0 saturated carbocycles. The lowest BCUT2D eigenvalue weighted by molar-refractivity contribution is 0.622. The molecule has 0 unspecified atom stereocenters. The molecule has 0 atom stereocenters. The average molecular weight is 265 g/mol. The molecule has 2 aromatic heterocycles. The molecule has 20 heavy (non-hydrogen) atoms. The SMILES string of the molecule is N#Cc1cccc(-n2cc(-c3cncc(F)c3)nn2)c1. The second kappa shape index (κ2) is 4.90. The van der Waals surface area contributed by atoms with Crippen LogP contribution in [0.25, 0.3) is 16.9 Å². The highest BCUT2D eigenvalue weighted by Crippen LogP contribution is 2.17. The second-order valence-corrected chi connectivity index (χ2v) is 4.10. The van der Waals surface area contributed by atoms with Crippen LogP contribution in [0.3, 0.4) is 0 Å². The molecule has 0 saturated heterocycles. The lowest BCUT2D eigenvalue weighted by Crippen LogP contribution is -1.94. The average Bonchev–Trinajstić information content (AvgIpc) is 2.97. The van der Waals surface area contributed by atoms with Crippen molar-refractivity contribution in [2.45, 2.75) is 0 Å². The molecule has 0 aliphatic rings. The van der Waals surface area contributed by atoms with E-state index in [0.717, 1.165) is 6.20 Å². The van der Waals surface area contributed by atoms with E-state index >= 15 is 0 Å². The van der Waals surface area contributed by atoms with E-state index in [9.17, 15) is 4.39 Å². The lowest BCUT2D eigenvalue weighted by Gasteiger charge is -1.99. The molecular formula is C14H8FN5. The Labute approximate surface area is 113 Å². The zero-order chi connectivity index (χ0) is 13.9. The first-order valence-electron chi connectivity index (χ1n) is 5.80. The largest absolute Gasteiger partial charge is 0.261 e. The van der Waals surface area contributed by atoms with Crippen LogP contribution in [0.4, 0.5) is 4.39 Å². The number of benzene rings is 1. The van der Waals surface area contributed by atoms with Crippen molar-refractivity contribution in [2.75, 3.05) is 0 Å². The van der Waals surface area contributed by atoms with Crippen LogP contribution in [0.2, 0.25) is 0 Å². The van der Waals surface area contributed by atoms with Crippen molar-refractivity contribution in [1.29, 1.82) is 5.26 Å². The van der Waals surface area contributed by atoms with Gasteiger partial charge in [0.15, 0.2) is 0 Å². The number of nitriles is 1. The predicted molar refractivity (Wildman–Crippen MR) is 69.3 cm³/mol. The van der Waals surface area contributed by atoms with Crippen LogP contribution in [0.1, 0.15) is 5.56 Å².